The summed E-state index contributed by atoms with van der Waals surface area (Å²) in [5, 5.41) is 25.6. The molecular weight excluding hydrogens is 946 g/mol. The summed E-state index contributed by atoms with van der Waals surface area (Å²) in [4.78, 5) is 43.7. The Kier molecular flexibility index (Phi) is 14.8. The molecule has 2 saturated heterocycles. The van der Waals surface area contributed by atoms with Gasteiger partial charge in [0.05, 0.1) is 41.4 Å². The van der Waals surface area contributed by atoms with Crippen molar-refractivity contribution < 1.29 is 41.8 Å². The molecule has 4 fully saturated rings. The van der Waals surface area contributed by atoms with Crippen molar-refractivity contribution in [1.82, 2.24) is 29.5 Å². The monoisotopic (exact) mass is 1010 g/mol. The Morgan fingerprint density at radius 3 is 2.49 bits per heavy atom. The first-order valence-electron chi connectivity index (χ1n) is 25.0. The van der Waals surface area contributed by atoms with Gasteiger partial charge in [0.25, 0.3) is 21.8 Å². The molecule has 2 aromatic carbocycles. The molecule has 1 spiro atoms. The highest BCUT2D eigenvalue weighted by molar-refractivity contribution is 7.90. The van der Waals surface area contributed by atoms with Crippen LogP contribution in [0.1, 0.15) is 106 Å². The van der Waals surface area contributed by atoms with Gasteiger partial charge in [-0.05, 0) is 98.8 Å². The molecule has 0 bridgehead atoms. The number of anilines is 2. The molecule has 5 heterocycles. The maximum atomic E-state index is 14.9. The third-order valence-corrected chi connectivity index (χ3v) is 16.9. The molecular formula is C52H66FN9O9S. The fraction of sp³-hybridized carbons (Fsp3) is 0.519. The van der Waals surface area contributed by atoms with Gasteiger partial charge in [0, 0.05) is 95.1 Å². The lowest BCUT2D eigenvalue weighted by molar-refractivity contribution is -0.384. The fourth-order valence-electron chi connectivity index (χ4n) is 11.3. The van der Waals surface area contributed by atoms with E-state index < -0.39 is 42.9 Å². The van der Waals surface area contributed by atoms with Gasteiger partial charge in [-0.3, -0.25) is 24.7 Å². The van der Waals surface area contributed by atoms with Crippen molar-refractivity contribution in [3.63, 3.8) is 0 Å². The molecule has 18 nitrogen and oxygen atoms in total. The van der Waals surface area contributed by atoms with Crippen LogP contribution in [-0.2, 0) is 14.8 Å². The van der Waals surface area contributed by atoms with Crippen molar-refractivity contribution in [2.45, 2.75) is 101 Å². The van der Waals surface area contributed by atoms with Gasteiger partial charge in [-0.25, -0.2) is 22.5 Å². The number of aromatic amines is 1. The predicted molar refractivity (Wildman–Crippen MR) is 271 cm³/mol. The van der Waals surface area contributed by atoms with E-state index in [0.29, 0.717) is 56.8 Å². The van der Waals surface area contributed by atoms with Gasteiger partial charge in [0.2, 0.25) is 5.82 Å². The average molecular weight is 1010 g/mol. The lowest BCUT2D eigenvalue weighted by Crippen LogP contribution is -2.60. The smallest absolute Gasteiger partial charge is 0.312 e. The summed E-state index contributed by atoms with van der Waals surface area (Å²) >= 11 is 0. The van der Waals surface area contributed by atoms with E-state index in [1.807, 2.05) is 0 Å². The molecule has 72 heavy (non-hydrogen) atoms. The van der Waals surface area contributed by atoms with Crippen molar-refractivity contribution in [1.29, 1.82) is 0 Å². The zero-order chi connectivity index (χ0) is 51.0. The Bertz CT molecular complexity index is 2890. The summed E-state index contributed by atoms with van der Waals surface area (Å²) in [6.45, 7) is 12.7. The van der Waals surface area contributed by atoms with E-state index in [2.05, 4.69) is 77.8 Å². The second kappa shape index (κ2) is 20.9. The molecule has 2 aliphatic carbocycles. The third kappa shape index (κ3) is 10.9. The number of halogens is 1. The van der Waals surface area contributed by atoms with Crippen molar-refractivity contribution in [3.8, 4) is 17.4 Å². The summed E-state index contributed by atoms with van der Waals surface area (Å²) in [7, 11) is -1.61. The molecule has 1 atom stereocenters. The van der Waals surface area contributed by atoms with Gasteiger partial charge in [-0.15, -0.1) is 0 Å². The number of aromatic nitrogens is 3. The van der Waals surface area contributed by atoms with Crippen molar-refractivity contribution >= 4 is 44.2 Å². The number of aliphatic hydroxyl groups is 1. The van der Waals surface area contributed by atoms with Gasteiger partial charge < -0.3 is 34.5 Å². The lowest BCUT2D eigenvalue weighted by Gasteiger charge is -2.58. The average Bonchev–Trinajstić information content (AvgIpc) is 3.72. The second-order valence-electron chi connectivity index (χ2n) is 20.7. The molecule has 5 aromatic rings. The van der Waals surface area contributed by atoms with Gasteiger partial charge in [0.1, 0.15) is 22.1 Å². The predicted octanol–water partition coefficient (Wildman–Crippen LogP) is 8.16. The zero-order valence-corrected chi connectivity index (χ0v) is 42.5. The number of hydrogen-bond donors (Lipinski definition) is 4. The first-order valence-corrected chi connectivity index (χ1v) is 26.5. The number of benzene rings is 2. The van der Waals surface area contributed by atoms with Gasteiger partial charge >= 0.3 is 5.69 Å². The minimum absolute atomic E-state index is 0.0121. The molecule has 20 heteroatoms. The Labute approximate surface area is 419 Å². The number of H-pyrrole nitrogens is 1. The van der Waals surface area contributed by atoms with Crippen LogP contribution < -0.4 is 24.4 Å². The fourth-order valence-corrected chi connectivity index (χ4v) is 12.2. The molecule has 2 aliphatic heterocycles. The summed E-state index contributed by atoms with van der Waals surface area (Å²) in [5.74, 6) is -1.32. The molecule has 4 N–H and O–H groups in total. The van der Waals surface area contributed by atoms with E-state index in [0.717, 1.165) is 89.1 Å². The van der Waals surface area contributed by atoms with Gasteiger partial charge in [0.15, 0.2) is 5.75 Å². The number of nitrogens with one attached hydrogen (secondary N) is 3. The quantitative estimate of drug-likeness (QED) is 0.0510. The maximum Gasteiger partial charge on any atom is 0.312 e. The number of ether oxygens (including phenoxy) is 3. The topological polar surface area (TPSA) is 218 Å². The van der Waals surface area contributed by atoms with Crippen LogP contribution in [0.4, 0.5) is 21.6 Å². The Balaban J connectivity index is 0.926. The van der Waals surface area contributed by atoms with Crippen molar-refractivity contribution in [3.05, 3.63) is 99.6 Å². The molecule has 9 rings (SSSR count). The minimum Gasteiger partial charge on any atom is -0.478 e. The van der Waals surface area contributed by atoms with E-state index in [9.17, 15) is 32.8 Å². The first-order chi connectivity index (χ1) is 34.4. The van der Waals surface area contributed by atoms with Crippen LogP contribution in [-0.4, -0.2) is 127 Å². The van der Waals surface area contributed by atoms with E-state index >= 15 is 0 Å². The standard InChI is InChI=1S/C52H66FN9O9S/c1-33(2)38-8-6-7-9-39(38)44-32-59(22-23-69-4)20-21-61(44)36-27-52(28-36)16-18-60(19-17-52)35-10-11-40(45(24-35)71-46-26-41-42(53)31-56-47(41)57-50(46)70-5)49(63)58-72(67,68)37-25-43(62(65)66)48(55-30-37)54-29-34-12-14-51(3,64)15-13-34/h6-11,24-26,30-31,33-34,36,44,64H,12-23,27-29,32H2,1-5H3,(H,54,55)(H,56,57)(H,58,63)/t34?,44-,51?/m0/s1. The SMILES string of the molecule is COCCN1CCN(C2CC3(CCN(c4ccc(C(=O)NS(=O)(=O)c5cnc(NCC6CCC(C)(O)CC6)c([N+](=O)[O-])c5)c(Oc5cc6c(F)c[nH]c6nc5OC)c4)CC3)C2)[C@H](c2ccccc2C(C)C)C1. The molecule has 2 saturated carbocycles. The number of carbonyl (C=O) groups excluding carboxylic acids is 1. The Hall–Kier alpha value is -5.93. The maximum absolute atomic E-state index is 14.9. The number of piperazine rings is 1. The Morgan fingerprint density at radius 1 is 1.03 bits per heavy atom. The Morgan fingerprint density at radius 2 is 1.78 bits per heavy atom. The van der Waals surface area contributed by atoms with Crippen LogP contribution in [0.5, 0.6) is 17.4 Å². The third-order valence-electron chi connectivity index (χ3n) is 15.6. The van der Waals surface area contributed by atoms with E-state index in [-0.39, 0.29) is 51.1 Å². The summed E-state index contributed by atoms with van der Waals surface area (Å²) in [5.41, 5.74) is 2.43. The molecule has 3 aromatic heterocycles. The summed E-state index contributed by atoms with van der Waals surface area (Å²) in [6.07, 6.45) is 8.85. The normalized spacial score (nSPS) is 22.0. The number of amides is 1. The lowest BCUT2D eigenvalue weighted by atomic mass is 9.59. The molecule has 0 radical (unpaired) electrons. The van der Waals surface area contributed by atoms with Crippen molar-refractivity contribution in [2.24, 2.45) is 11.3 Å². The van der Waals surface area contributed by atoms with Crippen LogP contribution in [0.15, 0.2) is 71.9 Å². The molecule has 0 unspecified atom stereocenters. The minimum atomic E-state index is -4.73. The highest BCUT2D eigenvalue weighted by Crippen LogP contribution is 2.53. The van der Waals surface area contributed by atoms with Crippen LogP contribution in [0.2, 0.25) is 0 Å². The number of carbonyl (C=O) groups is 1. The number of piperidine rings is 1. The van der Waals surface area contributed by atoms with Gasteiger partial charge in [-0.2, -0.15) is 4.98 Å². The number of fused-ring (bicyclic) bond motifs is 1. The number of sulfonamides is 1. The largest absolute Gasteiger partial charge is 0.478 e. The number of nitro groups is 1. The van der Waals surface area contributed by atoms with Crippen LogP contribution in [0, 0.1) is 27.3 Å². The van der Waals surface area contributed by atoms with Gasteiger partial charge in [-0.1, -0.05) is 38.1 Å². The van der Waals surface area contributed by atoms with Crippen LogP contribution in [0.3, 0.4) is 0 Å². The van der Waals surface area contributed by atoms with E-state index in [1.165, 1.54) is 30.4 Å². The second-order valence-corrected chi connectivity index (χ2v) is 22.4. The van der Waals surface area contributed by atoms with Crippen LogP contribution >= 0.6 is 0 Å². The number of nitrogens with zero attached hydrogens (tertiary/aromatic N) is 6. The summed E-state index contributed by atoms with van der Waals surface area (Å²) in [6, 6.07) is 16.7. The zero-order valence-electron chi connectivity index (χ0n) is 41.7. The van der Waals surface area contributed by atoms with E-state index in [1.54, 1.807) is 26.2 Å². The van der Waals surface area contributed by atoms with Crippen LogP contribution in [0.25, 0.3) is 11.0 Å². The number of rotatable bonds is 17. The molecule has 386 valence electrons. The number of hydrogen-bond acceptors (Lipinski definition) is 15. The number of methoxy groups -OCH3 is 2. The molecule has 4 aliphatic rings. The number of pyridine rings is 2. The highest BCUT2D eigenvalue weighted by atomic mass is 32.2. The first kappa shape index (κ1) is 51.0. The van der Waals surface area contributed by atoms with E-state index in [4.69, 9.17) is 14.2 Å². The summed E-state index contributed by atoms with van der Waals surface area (Å²) < 4.78 is 61.9. The van der Waals surface area contributed by atoms with Crippen molar-refractivity contribution in [2.75, 3.05) is 76.9 Å². The molecule has 1 amide bonds. The highest BCUT2D eigenvalue weighted by Gasteiger charge is 2.50.